The number of amides is 1. The summed E-state index contributed by atoms with van der Waals surface area (Å²) in [5.41, 5.74) is 2.57. The summed E-state index contributed by atoms with van der Waals surface area (Å²) in [6.45, 7) is 1.33. The minimum absolute atomic E-state index is 0.166. The molecule has 3 aromatic rings. The van der Waals surface area contributed by atoms with Crippen LogP contribution in [0.2, 0.25) is 0 Å². The van der Waals surface area contributed by atoms with Crippen molar-refractivity contribution in [2.75, 3.05) is 7.11 Å². The first-order valence-corrected chi connectivity index (χ1v) is 9.24. The highest BCUT2D eigenvalue weighted by molar-refractivity contribution is 9.10. The molecule has 1 amide bonds. The number of rotatable bonds is 8. The van der Waals surface area contributed by atoms with E-state index >= 15 is 0 Å². The Hall–Kier alpha value is -2.57. The second kappa shape index (κ2) is 9.39. The van der Waals surface area contributed by atoms with Crippen molar-refractivity contribution in [3.8, 4) is 5.75 Å². The van der Waals surface area contributed by atoms with Gasteiger partial charge in [-0.2, -0.15) is 0 Å². The zero-order valence-electron chi connectivity index (χ0n) is 14.9. The summed E-state index contributed by atoms with van der Waals surface area (Å²) < 4.78 is 16.8. The maximum atomic E-state index is 12.5. The lowest BCUT2D eigenvalue weighted by molar-refractivity contribution is 0.0928. The SMILES string of the molecule is COc1ccc(Br)c(C(=O)NCc2cccc(COCc3ccco3)c2)c1. The normalized spacial score (nSPS) is 10.6. The van der Waals surface area contributed by atoms with Crippen LogP contribution in [0, 0.1) is 0 Å². The molecule has 6 heteroatoms. The van der Waals surface area contributed by atoms with Crippen molar-refractivity contribution < 1.29 is 18.7 Å². The summed E-state index contributed by atoms with van der Waals surface area (Å²) in [6, 6.07) is 16.9. The number of carbonyl (C=O) groups excluding carboxylic acids is 1. The van der Waals surface area contributed by atoms with Crippen LogP contribution in [-0.2, 0) is 24.5 Å². The number of furan rings is 1. The van der Waals surface area contributed by atoms with Gasteiger partial charge in [0.25, 0.3) is 5.91 Å². The molecule has 0 spiro atoms. The van der Waals surface area contributed by atoms with Crippen LogP contribution >= 0.6 is 15.9 Å². The molecule has 0 bridgehead atoms. The fourth-order valence-corrected chi connectivity index (χ4v) is 3.00. The van der Waals surface area contributed by atoms with Crippen molar-refractivity contribution in [1.29, 1.82) is 0 Å². The summed E-state index contributed by atoms with van der Waals surface area (Å²) in [5.74, 6) is 1.27. The first-order valence-electron chi connectivity index (χ1n) is 8.45. The van der Waals surface area contributed by atoms with Crippen LogP contribution in [-0.4, -0.2) is 13.0 Å². The van der Waals surface area contributed by atoms with Crippen LogP contribution in [0.3, 0.4) is 0 Å². The first-order chi connectivity index (χ1) is 13.2. The monoisotopic (exact) mass is 429 g/mol. The van der Waals surface area contributed by atoms with Gasteiger partial charge in [-0.3, -0.25) is 4.79 Å². The van der Waals surface area contributed by atoms with E-state index in [9.17, 15) is 4.79 Å². The highest BCUT2D eigenvalue weighted by Crippen LogP contribution is 2.22. The van der Waals surface area contributed by atoms with E-state index in [-0.39, 0.29) is 5.91 Å². The Labute approximate surface area is 166 Å². The molecule has 1 aromatic heterocycles. The number of methoxy groups -OCH3 is 1. The van der Waals surface area contributed by atoms with Crippen molar-refractivity contribution in [1.82, 2.24) is 5.32 Å². The van der Waals surface area contributed by atoms with Gasteiger partial charge < -0.3 is 19.2 Å². The van der Waals surface area contributed by atoms with Crippen LogP contribution in [0.15, 0.2) is 69.8 Å². The number of nitrogens with one attached hydrogen (secondary N) is 1. The van der Waals surface area contributed by atoms with E-state index in [1.54, 1.807) is 31.6 Å². The topological polar surface area (TPSA) is 60.7 Å². The van der Waals surface area contributed by atoms with Crippen LogP contribution in [0.4, 0.5) is 0 Å². The van der Waals surface area contributed by atoms with Crippen LogP contribution in [0.5, 0.6) is 5.75 Å². The lowest BCUT2D eigenvalue weighted by Gasteiger charge is -2.10. The standard InChI is InChI=1S/C21H20BrNO4/c1-25-17-7-8-20(22)19(11-17)21(24)23-12-15-4-2-5-16(10-15)13-26-14-18-6-3-9-27-18/h2-11H,12-14H2,1H3,(H,23,24). The van der Waals surface area contributed by atoms with Gasteiger partial charge in [0.05, 0.1) is 25.5 Å². The van der Waals surface area contributed by atoms with Gasteiger partial charge in [-0.25, -0.2) is 0 Å². The van der Waals surface area contributed by atoms with E-state index < -0.39 is 0 Å². The summed E-state index contributed by atoms with van der Waals surface area (Å²) in [6.07, 6.45) is 1.63. The quantitative estimate of drug-likeness (QED) is 0.563. The highest BCUT2D eigenvalue weighted by Gasteiger charge is 2.11. The zero-order valence-corrected chi connectivity index (χ0v) is 16.5. The molecule has 0 aliphatic heterocycles. The van der Waals surface area contributed by atoms with Crippen LogP contribution in [0.1, 0.15) is 27.2 Å². The molecule has 0 radical (unpaired) electrons. The summed E-state index contributed by atoms with van der Waals surface area (Å²) in [5, 5.41) is 2.93. The van der Waals surface area contributed by atoms with Crippen LogP contribution in [0.25, 0.3) is 0 Å². The predicted molar refractivity (Wildman–Crippen MR) is 106 cm³/mol. The summed E-state index contributed by atoms with van der Waals surface area (Å²) >= 11 is 3.40. The Morgan fingerprint density at radius 1 is 1.07 bits per heavy atom. The Kier molecular flexibility index (Phi) is 6.68. The average molecular weight is 430 g/mol. The molecule has 5 nitrogen and oxygen atoms in total. The maximum absolute atomic E-state index is 12.5. The van der Waals surface area contributed by atoms with Gasteiger partial charge in [0.15, 0.2) is 0 Å². The van der Waals surface area contributed by atoms with Crippen molar-refractivity contribution in [2.45, 2.75) is 19.8 Å². The first kappa shape index (κ1) is 19.2. The summed E-state index contributed by atoms with van der Waals surface area (Å²) in [4.78, 5) is 12.5. The van der Waals surface area contributed by atoms with Gasteiger partial charge in [0, 0.05) is 11.0 Å². The predicted octanol–water partition coefficient (Wildman–Crippen LogP) is 4.70. The van der Waals surface area contributed by atoms with E-state index in [2.05, 4.69) is 21.2 Å². The third-order valence-corrected chi connectivity index (χ3v) is 4.65. The molecule has 0 unspecified atom stereocenters. The number of hydrogen-bond acceptors (Lipinski definition) is 4. The van der Waals surface area contributed by atoms with Crippen molar-refractivity contribution in [3.63, 3.8) is 0 Å². The Morgan fingerprint density at radius 2 is 1.93 bits per heavy atom. The second-order valence-electron chi connectivity index (χ2n) is 5.92. The molecule has 0 atom stereocenters. The van der Waals surface area contributed by atoms with Crippen molar-refractivity contribution in [3.05, 3.63) is 87.8 Å². The molecule has 0 saturated heterocycles. The van der Waals surface area contributed by atoms with E-state index in [0.717, 1.165) is 21.4 Å². The maximum Gasteiger partial charge on any atom is 0.252 e. The molecule has 1 N–H and O–H groups in total. The molecule has 0 fully saturated rings. The van der Waals surface area contributed by atoms with Crippen LogP contribution < -0.4 is 10.1 Å². The number of hydrogen-bond donors (Lipinski definition) is 1. The molecule has 2 aromatic carbocycles. The summed E-state index contributed by atoms with van der Waals surface area (Å²) in [7, 11) is 1.57. The number of carbonyl (C=O) groups is 1. The zero-order chi connectivity index (χ0) is 19.1. The van der Waals surface area contributed by atoms with E-state index in [1.165, 1.54) is 0 Å². The Morgan fingerprint density at radius 3 is 2.70 bits per heavy atom. The lowest BCUT2D eigenvalue weighted by Crippen LogP contribution is -2.23. The van der Waals surface area contributed by atoms with Gasteiger partial charge in [0.2, 0.25) is 0 Å². The molecule has 0 aliphatic rings. The molecular formula is C21H20BrNO4. The number of ether oxygens (including phenoxy) is 2. The smallest absolute Gasteiger partial charge is 0.252 e. The second-order valence-corrected chi connectivity index (χ2v) is 6.77. The van der Waals surface area contributed by atoms with Gasteiger partial charge in [0.1, 0.15) is 18.1 Å². The molecule has 3 rings (SSSR count). The van der Waals surface area contributed by atoms with Gasteiger partial charge >= 0.3 is 0 Å². The molecule has 140 valence electrons. The van der Waals surface area contributed by atoms with Crippen molar-refractivity contribution >= 4 is 21.8 Å². The Balaban J connectivity index is 1.55. The number of halogens is 1. The minimum atomic E-state index is -0.166. The van der Waals surface area contributed by atoms with Gasteiger partial charge in [-0.15, -0.1) is 0 Å². The van der Waals surface area contributed by atoms with E-state index in [0.29, 0.717) is 31.1 Å². The molecular weight excluding hydrogens is 410 g/mol. The number of benzene rings is 2. The molecule has 0 aliphatic carbocycles. The fraction of sp³-hybridized carbons (Fsp3) is 0.190. The third kappa shape index (κ3) is 5.45. The van der Waals surface area contributed by atoms with Gasteiger partial charge in [-0.1, -0.05) is 24.3 Å². The van der Waals surface area contributed by atoms with E-state index in [1.807, 2.05) is 36.4 Å². The average Bonchev–Trinajstić information content (AvgIpc) is 3.20. The molecule has 27 heavy (non-hydrogen) atoms. The largest absolute Gasteiger partial charge is 0.497 e. The van der Waals surface area contributed by atoms with Crippen molar-refractivity contribution in [2.24, 2.45) is 0 Å². The third-order valence-electron chi connectivity index (χ3n) is 3.96. The highest BCUT2D eigenvalue weighted by atomic mass is 79.9. The van der Waals surface area contributed by atoms with E-state index in [4.69, 9.17) is 13.9 Å². The lowest BCUT2D eigenvalue weighted by atomic mass is 10.1. The molecule has 0 saturated carbocycles. The minimum Gasteiger partial charge on any atom is -0.497 e. The molecule has 1 heterocycles. The van der Waals surface area contributed by atoms with Gasteiger partial charge in [-0.05, 0) is 57.4 Å². The Bertz CT molecular complexity index is 893. The fourth-order valence-electron chi connectivity index (χ4n) is 2.58.